The van der Waals surface area contributed by atoms with Gasteiger partial charge in [-0.2, -0.15) is 0 Å². The molecule has 0 radical (unpaired) electrons. The number of nitrogens with two attached hydrogens (primary N) is 2. The second-order valence-corrected chi connectivity index (χ2v) is 8.20. The van der Waals surface area contributed by atoms with Gasteiger partial charge in [0, 0.05) is 30.1 Å². The first-order chi connectivity index (χ1) is 16.2. The van der Waals surface area contributed by atoms with Gasteiger partial charge in [0.05, 0.1) is 12.5 Å². The Bertz CT molecular complexity index is 1100. The summed E-state index contributed by atoms with van der Waals surface area (Å²) < 4.78 is 0. The smallest absolute Gasteiger partial charge is 0.322 e. The van der Waals surface area contributed by atoms with Crippen LogP contribution in [0.25, 0.3) is 10.9 Å². The molecule has 1 fully saturated rings. The molecule has 3 atom stereocenters. The van der Waals surface area contributed by atoms with Crippen molar-refractivity contribution in [3.63, 3.8) is 0 Å². The Balaban J connectivity index is 1.77. The summed E-state index contributed by atoms with van der Waals surface area (Å²) in [5, 5.41) is 14.7. The third kappa shape index (κ3) is 5.90. The number of hydrogen-bond acceptors (Lipinski definition) is 6. The molecule has 0 bridgehead atoms. The standard InChI is InChI=1S/C22H28N6O6/c23-14(9-18(24)29)22(34)28-7-3-6-17(28)21(33)27-16(20(32)26-11-19(30)31)8-12-10-25-15-5-2-1-4-13(12)15/h1-2,4-5,10,14,16-17,25H,3,6-9,11,23H2,(H2,24,29)(H,26,32)(H,27,33)(H,30,31). The van der Waals surface area contributed by atoms with Crippen molar-refractivity contribution in [1.29, 1.82) is 0 Å². The second-order valence-electron chi connectivity index (χ2n) is 8.20. The predicted octanol–water partition coefficient (Wildman–Crippen LogP) is -1.41. The van der Waals surface area contributed by atoms with Crippen molar-refractivity contribution in [1.82, 2.24) is 20.5 Å². The van der Waals surface area contributed by atoms with Crippen LogP contribution in [0.5, 0.6) is 0 Å². The number of rotatable bonds is 10. The number of fused-ring (bicyclic) bond motifs is 1. The molecule has 2 heterocycles. The van der Waals surface area contributed by atoms with Crippen molar-refractivity contribution in [2.45, 2.75) is 43.8 Å². The van der Waals surface area contributed by atoms with Gasteiger partial charge in [0.2, 0.25) is 23.6 Å². The van der Waals surface area contributed by atoms with Crippen molar-refractivity contribution < 1.29 is 29.1 Å². The van der Waals surface area contributed by atoms with E-state index < -0.39 is 54.3 Å². The fourth-order valence-electron chi connectivity index (χ4n) is 4.10. The molecule has 1 saturated heterocycles. The first-order valence-corrected chi connectivity index (χ1v) is 10.9. The van der Waals surface area contributed by atoms with E-state index in [1.54, 1.807) is 6.20 Å². The van der Waals surface area contributed by atoms with Crippen LogP contribution in [0.15, 0.2) is 30.5 Å². The lowest BCUT2D eigenvalue weighted by molar-refractivity contribution is -0.141. The molecule has 3 rings (SSSR count). The summed E-state index contributed by atoms with van der Waals surface area (Å²) in [4.78, 5) is 64.9. The van der Waals surface area contributed by atoms with E-state index in [1.807, 2.05) is 24.3 Å². The molecule has 8 N–H and O–H groups in total. The minimum Gasteiger partial charge on any atom is -0.480 e. The van der Waals surface area contributed by atoms with Gasteiger partial charge in [-0.15, -0.1) is 0 Å². The van der Waals surface area contributed by atoms with E-state index in [4.69, 9.17) is 16.6 Å². The van der Waals surface area contributed by atoms with Gasteiger partial charge < -0.3 is 37.1 Å². The lowest BCUT2D eigenvalue weighted by Crippen LogP contribution is -2.56. The number of carbonyl (C=O) groups is 5. The fraction of sp³-hybridized carbons (Fsp3) is 0.409. The lowest BCUT2D eigenvalue weighted by atomic mass is 10.0. The Morgan fingerprint density at radius 3 is 2.65 bits per heavy atom. The minimum atomic E-state index is -1.22. The number of nitrogens with one attached hydrogen (secondary N) is 3. The van der Waals surface area contributed by atoms with Crippen LogP contribution in [0.4, 0.5) is 0 Å². The maximum absolute atomic E-state index is 13.1. The number of hydrogen-bond donors (Lipinski definition) is 6. The van der Waals surface area contributed by atoms with Crippen LogP contribution in [-0.4, -0.2) is 75.8 Å². The fourth-order valence-corrected chi connectivity index (χ4v) is 4.10. The molecule has 2 aromatic rings. The maximum atomic E-state index is 13.1. The first-order valence-electron chi connectivity index (χ1n) is 10.9. The molecule has 12 heteroatoms. The highest BCUT2D eigenvalue weighted by Crippen LogP contribution is 2.21. The highest BCUT2D eigenvalue weighted by Gasteiger charge is 2.38. The third-order valence-corrected chi connectivity index (χ3v) is 5.72. The van der Waals surface area contributed by atoms with Crippen LogP contribution in [0.2, 0.25) is 0 Å². The first kappa shape index (κ1) is 24.7. The van der Waals surface area contributed by atoms with E-state index in [2.05, 4.69) is 15.6 Å². The number of para-hydroxylation sites is 1. The molecule has 1 aliphatic rings. The predicted molar refractivity (Wildman–Crippen MR) is 121 cm³/mol. The van der Waals surface area contributed by atoms with Gasteiger partial charge in [-0.25, -0.2) is 0 Å². The molecular formula is C22H28N6O6. The van der Waals surface area contributed by atoms with E-state index >= 15 is 0 Å². The Morgan fingerprint density at radius 1 is 1.21 bits per heavy atom. The highest BCUT2D eigenvalue weighted by atomic mass is 16.4. The Labute approximate surface area is 195 Å². The molecule has 3 unspecified atom stereocenters. The summed E-state index contributed by atoms with van der Waals surface area (Å²) in [6.45, 7) is -0.323. The maximum Gasteiger partial charge on any atom is 0.322 e. The normalized spacial score (nSPS) is 17.2. The number of H-pyrrole nitrogens is 1. The van der Waals surface area contributed by atoms with Gasteiger partial charge in [0.25, 0.3) is 0 Å². The van der Waals surface area contributed by atoms with E-state index in [0.717, 1.165) is 16.5 Å². The van der Waals surface area contributed by atoms with E-state index in [9.17, 15) is 24.0 Å². The average molecular weight is 473 g/mol. The zero-order chi connectivity index (χ0) is 24.8. The highest BCUT2D eigenvalue weighted by molar-refractivity contribution is 5.95. The van der Waals surface area contributed by atoms with E-state index in [0.29, 0.717) is 12.8 Å². The third-order valence-electron chi connectivity index (χ3n) is 5.72. The number of amides is 4. The second kappa shape index (κ2) is 10.8. The molecule has 1 aliphatic heterocycles. The zero-order valence-electron chi connectivity index (χ0n) is 18.5. The quantitative estimate of drug-likeness (QED) is 0.244. The number of carboxylic acids is 1. The van der Waals surface area contributed by atoms with Crippen molar-refractivity contribution in [3.8, 4) is 0 Å². The summed E-state index contributed by atoms with van der Waals surface area (Å²) in [7, 11) is 0. The van der Waals surface area contributed by atoms with Crippen molar-refractivity contribution in [3.05, 3.63) is 36.0 Å². The van der Waals surface area contributed by atoms with Gasteiger partial charge >= 0.3 is 5.97 Å². The molecule has 0 spiro atoms. The molecule has 34 heavy (non-hydrogen) atoms. The van der Waals surface area contributed by atoms with Crippen molar-refractivity contribution >= 4 is 40.5 Å². The molecule has 12 nitrogen and oxygen atoms in total. The molecule has 0 aliphatic carbocycles. The molecule has 182 valence electrons. The van der Waals surface area contributed by atoms with Crippen LogP contribution < -0.4 is 22.1 Å². The Hall–Kier alpha value is -3.93. The van der Waals surface area contributed by atoms with E-state index in [1.165, 1.54) is 4.90 Å². The van der Waals surface area contributed by atoms with Crippen molar-refractivity contribution in [2.24, 2.45) is 11.5 Å². The number of aromatic amines is 1. The molecule has 1 aromatic heterocycles. The monoisotopic (exact) mass is 472 g/mol. The lowest BCUT2D eigenvalue weighted by Gasteiger charge is -2.28. The van der Waals surface area contributed by atoms with E-state index in [-0.39, 0.29) is 19.4 Å². The number of aliphatic carboxylic acids is 1. The molecule has 0 saturated carbocycles. The van der Waals surface area contributed by atoms with Crippen LogP contribution in [0.1, 0.15) is 24.8 Å². The van der Waals surface area contributed by atoms with Crippen molar-refractivity contribution in [2.75, 3.05) is 13.1 Å². The summed E-state index contributed by atoms with van der Waals surface area (Å²) in [5.74, 6) is -3.74. The zero-order valence-corrected chi connectivity index (χ0v) is 18.5. The van der Waals surface area contributed by atoms with Gasteiger partial charge in [0.1, 0.15) is 18.6 Å². The largest absolute Gasteiger partial charge is 0.480 e. The topological polar surface area (TPSA) is 201 Å². The van der Waals surface area contributed by atoms with Gasteiger partial charge in [-0.05, 0) is 24.5 Å². The SMILES string of the molecule is NC(=O)CC(N)C(=O)N1CCCC1C(=O)NC(Cc1c[nH]c2ccccc12)C(=O)NCC(=O)O. The Morgan fingerprint density at radius 2 is 1.94 bits per heavy atom. The van der Waals surface area contributed by atoms with Gasteiger partial charge in [-0.3, -0.25) is 24.0 Å². The van der Waals surface area contributed by atoms with Crippen LogP contribution in [-0.2, 0) is 30.4 Å². The summed E-state index contributed by atoms with van der Waals surface area (Å²) >= 11 is 0. The molecule has 1 aromatic carbocycles. The summed E-state index contributed by atoms with van der Waals surface area (Å²) in [6, 6.07) is 4.32. The molecule has 4 amide bonds. The number of nitrogens with zero attached hydrogens (tertiary/aromatic N) is 1. The summed E-state index contributed by atoms with van der Waals surface area (Å²) in [5.41, 5.74) is 12.5. The Kier molecular flexibility index (Phi) is 7.84. The van der Waals surface area contributed by atoms with Crippen LogP contribution in [0, 0.1) is 0 Å². The number of likely N-dealkylation sites (tertiary alicyclic amines) is 1. The van der Waals surface area contributed by atoms with Gasteiger partial charge in [-0.1, -0.05) is 18.2 Å². The van der Waals surface area contributed by atoms with Crippen LogP contribution >= 0.6 is 0 Å². The number of carbonyl (C=O) groups excluding carboxylic acids is 4. The minimum absolute atomic E-state index is 0.100. The van der Waals surface area contributed by atoms with Gasteiger partial charge in [0.15, 0.2) is 0 Å². The molecular weight excluding hydrogens is 444 g/mol. The van der Waals surface area contributed by atoms with Crippen LogP contribution in [0.3, 0.4) is 0 Å². The average Bonchev–Trinajstić information content (AvgIpc) is 3.43. The number of benzene rings is 1. The summed E-state index contributed by atoms with van der Waals surface area (Å²) in [6.07, 6.45) is 2.39. The number of primary amides is 1. The number of carboxylic acid groups (broad SMARTS) is 1. The number of aromatic nitrogens is 1.